The van der Waals surface area contributed by atoms with E-state index in [0.717, 1.165) is 12.0 Å². The molecule has 0 fully saturated rings. The molecular formula is C18H28N2O2. The number of carbonyl (C=O) groups is 2. The molecule has 0 heterocycles. The first-order valence-electron chi connectivity index (χ1n) is 7.88. The van der Waals surface area contributed by atoms with Crippen LogP contribution in [-0.2, 0) is 16.1 Å². The van der Waals surface area contributed by atoms with Crippen LogP contribution in [0.25, 0.3) is 0 Å². The molecule has 2 amide bonds. The van der Waals surface area contributed by atoms with Crippen LogP contribution in [0.5, 0.6) is 0 Å². The van der Waals surface area contributed by atoms with Crippen molar-refractivity contribution in [2.75, 3.05) is 0 Å². The van der Waals surface area contributed by atoms with Crippen molar-refractivity contribution in [3.8, 4) is 0 Å². The Morgan fingerprint density at radius 2 is 1.73 bits per heavy atom. The van der Waals surface area contributed by atoms with Crippen LogP contribution in [0.15, 0.2) is 30.3 Å². The highest BCUT2D eigenvalue weighted by Gasteiger charge is 2.30. The summed E-state index contributed by atoms with van der Waals surface area (Å²) in [6, 6.07) is 9.25. The van der Waals surface area contributed by atoms with E-state index in [1.54, 1.807) is 0 Å². The van der Waals surface area contributed by atoms with E-state index in [4.69, 9.17) is 0 Å². The lowest BCUT2D eigenvalue weighted by Gasteiger charge is -2.27. The molecule has 0 bridgehead atoms. The van der Waals surface area contributed by atoms with E-state index in [0.29, 0.717) is 6.54 Å². The smallest absolute Gasteiger partial charge is 0.243 e. The number of nitrogens with one attached hydrogen (secondary N) is 2. The molecule has 0 aromatic heterocycles. The predicted molar refractivity (Wildman–Crippen MR) is 89.1 cm³/mol. The van der Waals surface area contributed by atoms with Crippen LogP contribution >= 0.6 is 0 Å². The molecule has 1 aromatic carbocycles. The second-order valence-corrected chi connectivity index (χ2v) is 6.79. The van der Waals surface area contributed by atoms with Crippen molar-refractivity contribution in [1.29, 1.82) is 0 Å². The van der Waals surface area contributed by atoms with Gasteiger partial charge in [-0.05, 0) is 11.5 Å². The lowest BCUT2D eigenvalue weighted by Crippen LogP contribution is -2.52. The fourth-order valence-electron chi connectivity index (χ4n) is 1.95. The van der Waals surface area contributed by atoms with E-state index in [-0.39, 0.29) is 17.7 Å². The minimum atomic E-state index is -0.509. The van der Waals surface area contributed by atoms with Crippen molar-refractivity contribution in [2.45, 2.75) is 53.6 Å². The summed E-state index contributed by atoms with van der Waals surface area (Å²) in [4.78, 5) is 24.6. The Labute approximate surface area is 133 Å². The monoisotopic (exact) mass is 304 g/mol. The van der Waals surface area contributed by atoms with Crippen LogP contribution in [0.3, 0.4) is 0 Å². The molecule has 0 radical (unpaired) electrons. The zero-order valence-electron chi connectivity index (χ0n) is 14.3. The Hall–Kier alpha value is -1.84. The normalized spacial score (nSPS) is 14.0. The van der Waals surface area contributed by atoms with E-state index in [2.05, 4.69) is 10.6 Å². The van der Waals surface area contributed by atoms with Gasteiger partial charge in [-0.3, -0.25) is 9.59 Å². The van der Waals surface area contributed by atoms with E-state index >= 15 is 0 Å². The summed E-state index contributed by atoms with van der Waals surface area (Å²) in [5, 5.41) is 5.81. The molecule has 122 valence electrons. The molecule has 0 aliphatic heterocycles. The molecule has 2 atom stereocenters. The zero-order chi connectivity index (χ0) is 16.8. The predicted octanol–water partition coefficient (Wildman–Crippen LogP) is 2.88. The minimum Gasteiger partial charge on any atom is -0.350 e. The average molecular weight is 304 g/mol. The summed E-state index contributed by atoms with van der Waals surface area (Å²) in [6.07, 6.45) is 0.827. The van der Waals surface area contributed by atoms with Crippen molar-refractivity contribution < 1.29 is 9.59 Å². The Morgan fingerprint density at radius 3 is 2.23 bits per heavy atom. The van der Waals surface area contributed by atoms with Gasteiger partial charge in [0.1, 0.15) is 6.04 Å². The molecule has 0 saturated carbocycles. The van der Waals surface area contributed by atoms with Gasteiger partial charge in [-0.2, -0.15) is 0 Å². The molecule has 0 spiro atoms. The third kappa shape index (κ3) is 5.51. The van der Waals surface area contributed by atoms with Gasteiger partial charge in [0.05, 0.1) is 0 Å². The maximum atomic E-state index is 12.5. The second-order valence-electron chi connectivity index (χ2n) is 6.79. The van der Waals surface area contributed by atoms with Crippen LogP contribution < -0.4 is 10.6 Å². The van der Waals surface area contributed by atoms with Crippen LogP contribution in [-0.4, -0.2) is 17.9 Å². The Balaban J connectivity index is 2.70. The van der Waals surface area contributed by atoms with Crippen LogP contribution in [0.2, 0.25) is 0 Å². The second kappa shape index (κ2) is 7.97. The number of carbonyl (C=O) groups excluding carboxylic acids is 2. The highest BCUT2D eigenvalue weighted by Crippen LogP contribution is 2.16. The summed E-state index contributed by atoms with van der Waals surface area (Å²) < 4.78 is 0. The van der Waals surface area contributed by atoms with E-state index in [9.17, 15) is 9.59 Å². The van der Waals surface area contributed by atoms with E-state index in [1.807, 2.05) is 65.0 Å². The van der Waals surface area contributed by atoms with Gasteiger partial charge in [0.25, 0.3) is 0 Å². The fourth-order valence-corrected chi connectivity index (χ4v) is 1.95. The van der Waals surface area contributed by atoms with Crippen molar-refractivity contribution in [1.82, 2.24) is 10.6 Å². The Kier molecular flexibility index (Phi) is 6.60. The number of hydrogen-bond donors (Lipinski definition) is 2. The Bertz CT molecular complexity index is 492. The highest BCUT2D eigenvalue weighted by atomic mass is 16.2. The molecule has 1 aromatic rings. The quantitative estimate of drug-likeness (QED) is 0.849. The molecule has 2 unspecified atom stereocenters. The molecular weight excluding hydrogens is 276 g/mol. The fraction of sp³-hybridized carbons (Fsp3) is 0.556. The molecule has 2 N–H and O–H groups in total. The number of rotatable bonds is 6. The summed E-state index contributed by atoms with van der Waals surface area (Å²) in [7, 11) is 0. The molecule has 0 aliphatic rings. The first kappa shape index (κ1) is 18.2. The van der Waals surface area contributed by atoms with Gasteiger partial charge in [0.2, 0.25) is 11.8 Å². The third-order valence-corrected chi connectivity index (χ3v) is 3.77. The summed E-state index contributed by atoms with van der Waals surface area (Å²) in [5.74, 6) is -0.148. The molecule has 4 nitrogen and oxygen atoms in total. The zero-order valence-corrected chi connectivity index (χ0v) is 14.3. The summed E-state index contributed by atoms with van der Waals surface area (Å²) >= 11 is 0. The molecule has 1 rings (SSSR count). The first-order valence-corrected chi connectivity index (χ1v) is 7.88. The standard InChI is InChI=1S/C18H28N2O2/c1-6-13(2)15(20-17(22)18(3,4)5)16(21)19-12-14-10-8-7-9-11-14/h7-11,13,15H,6,12H2,1-5H3,(H,19,21)(H,20,22). The van der Waals surface area contributed by atoms with Crippen LogP contribution in [0, 0.1) is 11.3 Å². The van der Waals surface area contributed by atoms with Crippen LogP contribution in [0.1, 0.15) is 46.6 Å². The summed E-state index contributed by atoms with van der Waals surface area (Å²) in [5.41, 5.74) is 0.534. The maximum absolute atomic E-state index is 12.5. The third-order valence-electron chi connectivity index (χ3n) is 3.77. The lowest BCUT2D eigenvalue weighted by molar-refractivity contribution is -0.134. The van der Waals surface area contributed by atoms with Crippen molar-refractivity contribution >= 4 is 11.8 Å². The van der Waals surface area contributed by atoms with E-state index in [1.165, 1.54) is 0 Å². The van der Waals surface area contributed by atoms with Gasteiger partial charge in [-0.1, -0.05) is 71.4 Å². The topological polar surface area (TPSA) is 58.2 Å². The molecule has 0 saturated heterocycles. The van der Waals surface area contributed by atoms with Gasteiger partial charge >= 0.3 is 0 Å². The minimum absolute atomic E-state index is 0.0853. The van der Waals surface area contributed by atoms with Gasteiger partial charge in [0.15, 0.2) is 0 Å². The van der Waals surface area contributed by atoms with Gasteiger partial charge < -0.3 is 10.6 Å². The summed E-state index contributed by atoms with van der Waals surface area (Å²) in [6.45, 7) is 10.0. The van der Waals surface area contributed by atoms with E-state index < -0.39 is 11.5 Å². The van der Waals surface area contributed by atoms with Gasteiger partial charge in [-0.25, -0.2) is 0 Å². The molecule has 0 aliphatic carbocycles. The average Bonchev–Trinajstić information content (AvgIpc) is 2.49. The van der Waals surface area contributed by atoms with Crippen molar-refractivity contribution in [3.63, 3.8) is 0 Å². The first-order chi connectivity index (χ1) is 10.3. The number of amides is 2. The molecule has 22 heavy (non-hydrogen) atoms. The lowest BCUT2D eigenvalue weighted by atomic mass is 9.92. The number of benzene rings is 1. The van der Waals surface area contributed by atoms with Gasteiger partial charge in [-0.15, -0.1) is 0 Å². The van der Waals surface area contributed by atoms with Crippen molar-refractivity contribution in [3.05, 3.63) is 35.9 Å². The number of hydrogen-bond acceptors (Lipinski definition) is 2. The van der Waals surface area contributed by atoms with Gasteiger partial charge in [0, 0.05) is 12.0 Å². The Morgan fingerprint density at radius 1 is 1.14 bits per heavy atom. The largest absolute Gasteiger partial charge is 0.350 e. The van der Waals surface area contributed by atoms with Crippen molar-refractivity contribution in [2.24, 2.45) is 11.3 Å². The maximum Gasteiger partial charge on any atom is 0.243 e. The SMILES string of the molecule is CCC(C)C(NC(=O)C(C)(C)C)C(=O)NCc1ccccc1. The van der Waals surface area contributed by atoms with Crippen LogP contribution in [0.4, 0.5) is 0 Å². The molecule has 4 heteroatoms. The highest BCUT2D eigenvalue weighted by molar-refractivity contribution is 5.89.